The summed E-state index contributed by atoms with van der Waals surface area (Å²) in [5, 5.41) is 9.82. The summed E-state index contributed by atoms with van der Waals surface area (Å²) in [5.41, 5.74) is 0.764. The highest BCUT2D eigenvalue weighted by Crippen LogP contribution is 2.41. The van der Waals surface area contributed by atoms with Crippen LogP contribution >= 0.6 is 34.5 Å². The van der Waals surface area contributed by atoms with E-state index in [1.807, 2.05) is 0 Å². The van der Waals surface area contributed by atoms with Gasteiger partial charge in [0, 0.05) is 5.39 Å². The van der Waals surface area contributed by atoms with Crippen LogP contribution in [-0.4, -0.2) is 35.8 Å². The van der Waals surface area contributed by atoms with Crippen molar-refractivity contribution in [3.63, 3.8) is 0 Å². The smallest absolute Gasteiger partial charge is 0.506 e. The molecule has 0 unspecified atom stereocenters. The first kappa shape index (κ1) is 17.0. The Labute approximate surface area is 151 Å². The number of halogens is 2. The fourth-order valence-corrected chi connectivity index (χ4v) is 3.77. The second-order valence-corrected chi connectivity index (χ2v) is 6.36. The van der Waals surface area contributed by atoms with E-state index in [9.17, 15) is 4.79 Å². The summed E-state index contributed by atoms with van der Waals surface area (Å²) < 4.78 is 10.7. The van der Waals surface area contributed by atoms with Crippen LogP contribution in [0.15, 0.2) is 24.4 Å². The Bertz CT molecular complexity index is 935. The molecule has 3 aromatic rings. The molecular weight excluding hydrogens is 374 g/mol. The first-order valence-electron chi connectivity index (χ1n) is 6.62. The Morgan fingerprint density at radius 3 is 2.88 bits per heavy atom. The van der Waals surface area contributed by atoms with E-state index >= 15 is 0 Å². The van der Waals surface area contributed by atoms with Gasteiger partial charge in [0.2, 0.25) is 5.28 Å². The zero-order valence-electron chi connectivity index (χ0n) is 12.2. The van der Waals surface area contributed by atoms with Crippen LogP contribution in [0.5, 0.6) is 5.75 Å². The van der Waals surface area contributed by atoms with Crippen molar-refractivity contribution in [2.45, 2.75) is 0 Å². The van der Waals surface area contributed by atoms with E-state index in [1.54, 1.807) is 18.2 Å². The van der Waals surface area contributed by atoms with Crippen molar-refractivity contribution in [1.29, 1.82) is 0 Å². The Kier molecular flexibility index (Phi) is 4.91. The van der Waals surface area contributed by atoms with Gasteiger partial charge in [-0.25, -0.2) is 14.8 Å². The molecule has 1 aromatic carbocycles. The third-order valence-corrected chi connectivity index (χ3v) is 4.85. The number of thiophene rings is 1. The number of fused-ring (bicyclic) bond motifs is 1. The Hall–Kier alpha value is -1.87. The van der Waals surface area contributed by atoms with E-state index in [2.05, 4.69) is 14.6 Å². The van der Waals surface area contributed by atoms with E-state index in [0.717, 1.165) is 4.70 Å². The molecule has 0 bridgehead atoms. The number of ether oxygens (including phenoxy) is 1. The van der Waals surface area contributed by atoms with Crippen molar-refractivity contribution < 1.29 is 19.2 Å². The summed E-state index contributed by atoms with van der Waals surface area (Å²) in [4.78, 5) is 20.7. The molecule has 24 heavy (non-hydrogen) atoms. The highest BCUT2D eigenvalue weighted by Gasteiger charge is 2.19. The second kappa shape index (κ2) is 6.94. The Balaban J connectivity index is 2.23. The van der Waals surface area contributed by atoms with Crippen LogP contribution in [-0.2, 0) is 4.65 Å². The fourth-order valence-electron chi connectivity index (χ4n) is 2.21. The molecule has 0 saturated heterocycles. The average molecular weight is 383 g/mol. The molecule has 0 radical (unpaired) electrons. The summed E-state index contributed by atoms with van der Waals surface area (Å²) in [6, 6.07) is 4.98. The maximum absolute atomic E-state index is 12.0. The molecule has 0 saturated carbocycles. The van der Waals surface area contributed by atoms with Crippen molar-refractivity contribution in [3.8, 4) is 16.3 Å². The van der Waals surface area contributed by atoms with E-state index in [4.69, 9.17) is 33.0 Å². The summed E-state index contributed by atoms with van der Waals surface area (Å²) in [5.74, 6) is -0.0422. The quantitative estimate of drug-likeness (QED) is 0.551. The number of hydrogen-bond donors (Lipinski definition) is 1. The highest BCUT2D eigenvalue weighted by atomic mass is 35.5. The van der Waals surface area contributed by atoms with Gasteiger partial charge in [-0.05, 0) is 29.8 Å². The summed E-state index contributed by atoms with van der Waals surface area (Å²) >= 11 is 13.3. The van der Waals surface area contributed by atoms with Crippen molar-refractivity contribution in [2.24, 2.45) is 0 Å². The van der Waals surface area contributed by atoms with Gasteiger partial charge < -0.3 is 14.4 Å². The van der Waals surface area contributed by atoms with Crippen LogP contribution in [0.4, 0.5) is 0 Å². The lowest BCUT2D eigenvalue weighted by Crippen LogP contribution is -2.08. The molecule has 0 amide bonds. The van der Waals surface area contributed by atoms with Gasteiger partial charge in [0.25, 0.3) is 0 Å². The first-order valence-corrected chi connectivity index (χ1v) is 8.19. The van der Waals surface area contributed by atoms with Crippen LogP contribution < -0.4 is 4.74 Å². The molecule has 6 nitrogen and oxygen atoms in total. The number of aromatic nitrogens is 2. The number of methoxy groups -OCH3 is 1. The predicted molar refractivity (Wildman–Crippen MR) is 94.2 cm³/mol. The van der Waals surface area contributed by atoms with Gasteiger partial charge in [-0.1, -0.05) is 11.6 Å². The summed E-state index contributed by atoms with van der Waals surface area (Å²) in [6.45, 7) is 0. The minimum atomic E-state index is -0.698. The lowest BCUT2D eigenvalue weighted by molar-refractivity contribution is 0.0721. The molecule has 0 aliphatic rings. The number of carbonyl (C=O) groups excluding carboxylic acids is 1. The van der Waals surface area contributed by atoms with Gasteiger partial charge in [0.05, 0.1) is 33.5 Å². The van der Waals surface area contributed by atoms with Gasteiger partial charge in [-0.3, -0.25) is 0 Å². The first-order chi connectivity index (χ1) is 11.5. The van der Waals surface area contributed by atoms with Crippen LogP contribution in [0.3, 0.4) is 0 Å². The maximum Gasteiger partial charge on any atom is 0.506 e. The topological polar surface area (TPSA) is 81.5 Å². The largest absolute Gasteiger partial charge is 0.509 e. The monoisotopic (exact) mass is 382 g/mol. The van der Waals surface area contributed by atoms with Crippen molar-refractivity contribution in [1.82, 2.24) is 9.97 Å². The molecule has 2 aromatic heterocycles. The highest BCUT2D eigenvalue weighted by molar-refractivity contribution is 7.22. The zero-order valence-corrected chi connectivity index (χ0v) is 14.6. The molecule has 3 rings (SSSR count). The molecule has 0 aliphatic carbocycles. The SMILES string of the molecule is COc1ccc(C(=O)OBO)c2cc(-c3nc(Cl)ncc3Cl)sc12. The number of carbonyl (C=O) groups is 1. The molecular formula is C14H9BCl2N2O4S. The van der Waals surface area contributed by atoms with Crippen molar-refractivity contribution in [3.05, 3.63) is 40.3 Å². The van der Waals surface area contributed by atoms with Gasteiger partial charge in [-0.2, -0.15) is 0 Å². The Morgan fingerprint density at radius 1 is 1.38 bits per heavy atom. The standard InChI is InChI=1S/C14H9BCl2N2O4S/c1-22-9-3-2-6(13(20)23-15-21)7-4-10(24-12(7)9)11-8(16)5-18-14(17)19-11/h2-5,15,21H,1H3. The van der Waals surface area contributed by atoms with Crippen LogP contribution in [0.1, 0.15) is 10.4 Å². The van der Waals surface area contributed by atoms with Crippen molar-refractivity contribution >= 4 is 58.3 Å². The third-order valence-electron chi connectivity index (χ3n) is 3.23. The van der Waals surface area contributed by atoms with Gasteiger partial charge >= 0.3 is 13.7 Å². The molecule has 0 fully saturated rings. The second-order valence-electron chi connectivity index (χ2n) is 4.57. The fraction of sp³-hybridized carbons (Fsp3) is 0.0714. The lowest BCUT2D eigenvalue weighted by Gasteiger charge is -2.05. The predicted octanol–water partition coefficient (Wildman–Crippen LogP) is 3.09. The molecule has 0 spiro atoms. The number of rotatable bonds is 4. The van der Waals surface area contributed by atoms with Crippen LogP contribution in [0.2, 0.25) is 10.3 Å². The Morgan fingerprint density at radius 2 is 2.17 bits per heavy atom. The summed E-state index contributed by atoms with van der Waals surface area (Å²) in [6.07, 6.45) is 1.41. The zero-order chi connectivity index (χ0) is 17.3. The molecule has 2 heterocycles. The lowest BCUT2D eigenvalue weighted by atomic mass is 10.1. The normalized spacial score (nSPS) is 10.7. The van der Waals surface area contributed by atoms with E-state index < -0.39 is 13.7 Å². The van der Waals surface area contributed by atoms with Gasteiger partial charge in [0.1, 0.15) is 11.4 Å². The van der Waals surface area contributed by atoms with Crippen LogP contribution in [0.25, 0.3) is 20.7 Å². The average Bonchev–Trinajstić information content (AvgIpc) is 3.01. The minimum absolute atomic E-state index is 0.0683. The van der Waals surface area contributed by atoms with E-state index in [0.29, 0.717) is 32.3 Å². The van der Waals surface area contributed by atoms with Crippen molar-refractivity contribution in [2.75, 3.05) is 7.11 Å². The van der Waals surface area contributed by atoms with Gasteiger partial charge in [0.15, 0.2) is 0 Å². The third kappa shape index (κ3) is 3.05. The molecule has 122 valence electrons. The number of hydrogen-bond acceptors (Lipinski definition) is 7. The summed E-state index contributed by atoms with van der Waals surface area (Å²) in [7, 11) is 0.838. The maximum atomic E-state index is 12.0. The van der Waals surface area contributed by atoms with E-state index in [1.165, 1.54) is 24.6 Å². The molecule has 0 atom stereocenters. The number of benzene rings is 1. The minimum Gasteiger partial charge on any atom is -0.509 e. The molecule has 0 aliphatic heterocycles. The van der Waals surface area contributed by atoms with Crippen LogP contribution in [0, 0.1) is 0 Å². The molecule has 10 heteroatoms. The number of nitrogens with zero attached hydrogens (tertiary/aromatic N) is 2. The van der Waals surface area contributed by atoms with Gasteiger partial charge in [-0.15, -0.1) is 11.3 Å². The van der Waals surface area contributed by atoms with E-state index in [-0.39, 0.29) is 5.28 Å². The molecule has 1 N–H and O–H groups in total.